The summed E-state index contributed by atoms with van der Waals surface area (Å²) in [5.41, 5.74) is 8.41. The molecule has 2 aromatic carbocycles. The van der Waals surface area contributed by atoms with Crippen molar-refractivity contribution in [2.45, 2.75) is 0 Å². The Bertz CT molecular complexity index is 768. The summed E-state index contributed by atoms with van der Waals surface area (Å²) in [5, 5.41) is 4.65. The van der Waals surface area contributed by atoms with E-state index in [0.717, 1.165) is 11.1 Å². The van der Waals surface area contributed by atoms with Gasteiger partial charge in [0.1, 0.15) is 11.4 Å². The third-order valence-electron chi connectivity index (χ3n) is 3.07. The summed E-state index contributed by atoms with van der Waals surface area (Å²) in [5.74, 6) is 0.883. The number of halogens is 1. The lowest BCUT2D eigenvalue weighted by atomic mass is 10.1. The summed E-state index contributed by atoms with van der Waals surface area (Å²) in [4.78, 5) is 0. The van der Waals surface area contributed by atoms with Crippen LogP contribution in [0.5, 0.6) is 11.6 Å². The van der Waals surface area contributed by atoms with Gasteiger partial charge in [0.25, 0.3) is 5.88 Å². The van der Waals surface area contributed by atoms with Crippen LogP contribution in [-0.2, 0) is 7.05 Å². The monoisotopic (exact) mass is 299 g/mol. The Labute approximate surface area is 127 Å². The number of nitrogen functional groups attached to an aromatic ring is 1. The van der Waals surface area contributed by atoms with E-state index < -0.39 is 0 Å². The van der Waals surface area contributed by atoms with Gasteiger partial charge in [0.15, 0.2) is 0 Å². The molecule has 0 aliphatic carbocycles. The Morgan fingerprint density at radius 3 is 2.48 bits per heavy atom. The number of anilines is 1. The van der Waals surface area contributed by atoms with Gasteiger partial charge in [-0.05, 0) is 23.3 Å². The Balaban J connectivity index is 1.90. The Morgan fingerprint density at radius 1 is 1.10 bits per heavy atom. The van der Waals surface area contributed by atoms with Crippen LogP contribution in [-0.4, -0.2) is 9.78 Å². The number of aromatic nitrogens is 2. The van der Waals surface area contributed by atoms with Gasteiger partial charge in [-0.15, -0.1) is 5.10 Å². The Kier molecular flexibility index (Phi) is 3.54. The van der Waals surface area contributed by atoms with Gasteiger partial charge in [-0.3, -0.25) is 4.68 Å². The van der Waals surface area contributed by atoms with Crippen LogP contribution in [0, 0.1) is 0 Å². The van der Waals surface area contributed by atoms with Gasteiger partial charge >= 0.3 is 0 Å². The van der Waals surface area contributed by atoms with Gasteiger partial charge in [0.2, 0.25) is 0 Å². The van der Waals surface area contributed by atoms with E-state index in [4.69, 9.17) is 22.1 Å². The number of nitrogens with zero attached hydrogens (tertiary/aromatic N) is 2. The fourth-order valence-electron chi connectivity index (χ4n) is 2.06. The van der Waals surface area contributed by atoms with Gasteiger partial charge in [0.05, 0.1) is 11.2 Å². The lowest BCUT2D eigenvalue weighted by Crippen LogP contribution is -1.92. The van der Waals surface area contributed by atoms with Crippen LogP contribution in [0.15, 0.2) is 54.7 Å². The second-order valence-electron chi connectivity index (χ2n) is 4.68. The van der Waals surface area contributed by atoms with Gasteiger partial charge in [0, 0.05) is 7.05 Å². The number of nitrogens with two attached hydrogens (primary N) is 1. The molecule has 0 atom stereocenters. The van der Waals surface area contributed by atoms with Crippen molar-refractivity contribution in [2.75, 3.05) is 5.73 Å². The van der Waals surface area contributed by atoms with Crippen LogP contribution in [0.3, 0.4) is 0 Å². The van der Waals surface area contributed by atoms with Gasteiger partial charge in [-0.25, -0.2) is 0 Å². The number of ether oxygens (including phenoxy) is 1. The average molecular weight is 300 g/mol. The minimum absolute atomic E-state index is 0.354. The van der Waals surface area contributed by atoms with Crippen LogP contribution in [0.4, 0.5) is 5.69 Å². The quantitative estimate of drug-likeness (QED) is 0.791. The summed E-state index contributed by atoms with van der Waals surface area (Å²) in [6.07, 6.45) is 1.68. The highest BCUT2D eigenvalue weighted by atomic mass is 35.5. The van der Waals surface area contributed by atoms with Crippen molar-refractivity contribution >= 4 is 17.3 Å². The number of hydrogen-bond donors (Lipinski definition) is 1. The second kappa shape index (κ2) is 5.50. The molecule has 0 spiro atoms. The predicted molar refractivity (Wildman–Crippen MR) is 84.6 cm³/mol. The largest absolute Gasteiger partial charge is 0.434 e. The van der Waals surface area contributed by atoms with Crippen molar-refractivity contribution in [3.05, 3.63) is 59.8 Å². The van der Waals surface area contributed by atoms with Crippen molar-refractivity contribution in [3.63, 3.8) is 0 Å². The van der Waals surface area contributed by atoms with E-state index in [-0.39, 0.29) is 0 Å². The van der Waals surface area contributed by atoms with Crippen molar-refractivity contribution in [3.8, 4) is 22.8 Å². The van der Waals surface area contributed by atoms with Crippen LogP contribution in [0.25, 0.3) is 11.1 Å². The zero-order valence-electron chi connectivity index (χ0n) is 11.5. The maximum atomic E-state index is 6.29. The third-order valence-corrected chi connectivity index (χ3v) is 3.36. The van der Waals surface area contributed by atoms with Crippen molar-refractivity contribution in [1.82, 2.24) is 9.78 Å². The summed E-state index contributed by atoms with van der Waals surface area (Å²) in [7, 11) is 1.78. The minimum Gasteiger partial charge on any atom is -0.434 e. The normalized spacial score (nSPS) is 10.6. The molecule has 106 valence electrons. The Hall–Kier alpha value is -2.46. The van der Waals surface area contributed by atoms with Crippen molar-refractivity contribution in [1.29, 1.82) is 0 Å². The summed E-state index contributed by atoms with van der Waals surface area (Å²) >= 11 is 6.29. The predicted octanol–water partition coefficient (Wildman–Crippen LogP) is 4.12. The molecule has 4 nitrogen and oxygen atoms in total. The molecule has 0 bridgehead atoms. The van der Waals surface area contributed by atoms with Crippen molar-refractivity contribution in [2.24, 2.45) is 7.05 Å². The smallest absolute Gasteiger partial charge is 0.261 e. The van der Waals surface area contributed by atoms with E-state index in [2.05, 4.69) is 5.10 Å². The fourth-order valence-corrected chi connectivity index (χ4v) is 2.28. The van der Waals surface area contributed by atoms with E-state index in [1.165, 1.54) is 0 Å². The van der Waals surface area contributed by atoms with Crippen LogP contribution >= 0.6 is 11.6 Å². The van der Waals surface area contributed by atoms with E-state index in [0.29, 0.717) is 22.3 Å². The molecule has 3 aromatic rings. The van der Waals surface area contributed by atoms with Crippen LogP contribution in [0.1, 0.15) is 0 Å². The standard InChI is InChI=1S/C16H14ClN3O/c1-20-10-14(18)16(19-20)21-15-8-7-12(9-13(15)17)11-5-3-2-4-6-11/h2-10H,18H2,1H3. The zero-order valence-corrected chi connectivity index (χ0v) is 12.2. The number of benzene rings is 2. The lowest BCUT2D eigenvalue weighted by molar-refractivity contribution is 0.456. The molecule has 0 fully saturated rings. The molecule has 0 radical (unpaired) electrons. The Morgan fingerprint density at radius 2 is 1.86 bits per heavy atom. The molecule has 2 N–H and O–H groups in total. The fraction of sp³-hybridized carbons (Fsp3) is 0.0625. The highest BCUT2D eigenvalue weighted by molar-refractivity contribution is 6.32. The molecule has 0 amide bonds. The molecule has 5 heteroatoms. The molecule has 0 unspecified atom stereocenters. The van der Waals surface area contributed by atoms with E-state index in [1.807, 2.05) is 48.5 Å². The minimum atomic E-state index is 0.354. The molecule has 3 rings (SSSR count). The topological polar surface area (TPSA) is 53.1 Å². The van der Waals surface area contributed by atoms with Crippen molar-refractivity contribution < 1.29 is 4.74 Å². The maximum absolute atomic E-state index is 6.29. The highest BCUT2D eigenvalue weighted by Gasteiger charge is 2.10. The van der Waals surface area contributed by atoms with Gasteiger partial charge in [-0.1, -0.05) is 48.0 Å². The van der Waals surface area contributed by atoms with Crippen LogP contribution in [0.2, 0.25) is 5.02 Å². The molecule has 0 saturated heterocycles. The molecule has 1 heterocycles. The first-order valence-electron chi connectivity index (χ1n) is 6.45. The third kappa shape index (κ3) is 2.85. The number of hydrogen-bond acceptors (Lipinski definition) is 3. The lowest BCUT2D eigenvalue weighted by Gasteiger charge is -2.08. The molecule has 0 aliphatic rings. The number of aryl methyl sites for hydroxylation is 1. The number of rotatable bonds is 3. The van der Waals surface area contributed by atoms with Gasteiger partial charge < -0.3 is 10.5 Å². The molecule has 1 aromatic heterocycles. The molecule has 21 heavy (non-hydrogen) atoms. The molecular weight excluding hydrogens is 286 g/mol. The first-order chi connectivity index (χ1) is 10.1. The summed E-state index contributed by atoms with van der Waals surface area (Å²) in [6, 6.07) is 15.7. The molecule has 0 saturated carbocycles. The summed E-state index contributed by atoms with van der Waals surface area (Å²) in [6.45, 7) is 0. The SMILES string of the molecule is Cn1cc(N)c(Oc2ccc(-c3ccccc3)cc2Cl)n1. The average Bonchev–Trinajstić information content (AvgIpc) is 2.80. The van der Waals surface area contributed by atoms with Crippen LogP contribution < -0.4 is 10.5 Å². The van der Waals surface area contributed by atoms with E-state index in [9.17, 15) is 0 Å². The molecule has 0 aliphatic heterocycles. The van der Waals surface area contributed by atoms with E-state index in [1.54, 1.807) is 17.9 Å². The first kappa shape index (κ1) is 13.5. The summed E-state index contributed by atoms with van der Waals surface area (Å²) < 4.78 is 7.26. The molecular formula is C16H14ClN3O. The maximum Gasteiger partial charge on any atom is 0.261 e. The first-order valence-corrected chi connectivity index (χ1v) is 6.83. The van der Waals surface area contributed by atoms with Gasteiger partial charge in [-0.2, -0.15) is 0 Å². The highest BCUT2D eigenvalue weighted by Crippen LogP contribution is 2.34. The van der Waals surface area contributed by atoms with E-state index >= 15 is 0 Å². The zero-order chi connectivity index (χ0) is 14.8. The second-order valence-corrected chi connectivity index (χ2v) is 5.08.